The molecule has 1 saturated heterocycles. The van der Waals surface area contributed by atoms with Crippen LogP contribution in [0, 0.1) is 0 Å². The second kappa shape index (κ2) is 9.05. The predicted octanol–water partition coefficient (Wildman–Crippen LogP) is 4.13. The minimum Gasteiger partial charge on any atom is -0.494 e. The van der Waals surface area contributed by atoms with Crippen LogP contribution in [0.4, 0.5) is 0 Å². The van der Waals surface area contributed by atoms with Crippen LogP contribution in [-0.4, -0.2) is 72.0 Å². The Balaban J connectivity index is 1.49. The lowest BCUT2D eigenvalue weighted by atomic mass is 9.94. The fourth-order valence-corrected chi connectivity index (χ4v) is 6.68. The number of ether oxygens (including phenoxy) is 1. The van der Waals surface area contributed by atoms with Crippen LogP contribution < -0.4 is 10.2 Å². The average molecular weight is 507 g/mol. The van der Waals surface area contributed by atoms with Crippen molar-refractivity contribution < 1.29 is 14.6 Å². The smallest absolute Gasteiger partial charge is 0.341 e. The molecule has 9 heteroatoms. The fourth-order valence-electron chi connectivity index (χ4n) is 5.39. The number of carboxylic acid groups (broad SMARTS) is 1. The maximum atomic E-state index is 13.0. The fraction of sp³-hybridized carbons (Fsp3) is 0.444. The number of piperazine rings is 1. The number of fused-ring (bicyclic) bond motifs is 2. The molecule has 1 aliphatic heterocycles. The molecule has 2 N–H and O–H groups in total. The monoisotopic (exact) mass is 506 g/mol. The summed E-state index contributed by atoms with van der Waals surface area (Å²) in [5, 5.41) is 17.1. The number of thiophene rings is 1. The molecule has 36 heavy (non-hydrogen) atoms. The van der Waals surface area contributed by atoms with Crippen molar-refractivity contribution in [2.45, 2.75) is 38.0 Å². The zero-order chi connectivity index (χ0) is 25.0. The Labute approximate surface area is 213 Å². The van der Waals surface area contributed by atoms with Crippen molar-refractivity contribution >= 4 is 33.9 Å². The summed E-state index contributed by atoms with van der Waals surface area (Å²) in [6.07, 6.45) is 6.49. The van der Waals surface area contributed by atoms with Crippen LogP contribution in [0.5, 0.6) is 5.75 Å². The molecule has 0 radical (unpaired) electrons. The molecule has 0 bridgehead atoms. The van der Waals surface area contributed by atoms with E-state index in [9.17, 15) is 14.7 Å². The molecular weight excluding hydrogens is 476 g/mol. The largest absolute Gasteiger partial charge is 0.494 e. The highest BCUT2D eigenvalue weighted by Crippen LogP contribution is 2.51. The summed E-state index contributed by atoms with van der Waals surface area (Å²) in [6, 6.07) is 4.15. The molecule has 188 valence electrons. The number of hydrazone groups is 1. The van der Waals surface area contributed by atoms with E-state index >= 15 is 0 Å². The Morgan fingerprint density at radius 3 is 2.67 bits per heavy atom. The lowest BCUT2D eigenvalue weighted by Crippen LogP contribution is -2.42. The Bertz CT molecular complexity index is 1440. The van der Waals surface area contributed by atoms with E-state index in [1.165, 1.54) is 16.6 Å². The number of aromatic amines is 1. The number of carboxylic acids is 1. The van der Waals surface area contributed by atoms with Gasteiger partial charge in [0.05, 0.1) is 23.7 Å². The molecule has 2 aliphatic carbocycles. The van der Waals surface area contributed by atoms with Gasteiger partial charge in [-0.25, -0.2) is 4.79 Å². The first kappa shape index (κ1) is 23.2. The Kier molecular flexibility index (Phi) is 5.84. The van der Waals surface area contributed by atoms with Gasteiger partial charge in [-0.05, 0) is 62.8 Å². The zero-order valence-electron chi connectivity index (χ0n) is 20.6. The molecule has 3 aliphatic rings. The second-order valence-corrected chi connectivity index (χ2v) is 11.1. The average Bonchev–Trinajstić information content (AvgIpc) is 3.62. The van der Waals surface area contributed by atoms with Crippen LogP contribution in [0.3, 0.4) is 0 Å². The van der Waals surface area contributed by atoms with E-state index in [0.29, 0.717) is 22.6 Å². The molecule has 0 amide bonds. The third-order valence-electron chi connectivity index (χ3n) is 7.54. The lowest BCUT2D eigenvalue weighted by Gasteiger charge is -2.31. The van der Waals surface area contributed by atoms with Crippen LogP contribution in [0.15, 0.2) is 28.2 Å². The van der Waals surface area contributed by atoms with Gasteiger partial charge in [0.2, 0.25) is 5.43 Å². The van der Waals surface area contributed by atoms with E-state index in [0.717, 1.165) is 80.0 Å². The Hall–Kier alpha value is -3.17. The molecule has 3 heterocycles. The van der Waals surface area contributed by atoms with E-state index < -0.39 is 11.4 Å². The minimum atomic E-state index is -1.23. The zero-order valence-corrected chi connectivity index (χ0v) is 21.4. The molecular formula is C27H30N4O4S. The summed E-state index contributed by atoms with van der Waals surface area (Å²) < 4.78 is 5.92. The van der Waals surface area contributed by atoms with Gasteiger partial charge >= 0.3 is 5.97 Å². The summed E-state index contributed by atoms with van der Waals surface area (Å²) in [5.41, 5.74) is 4.30. The number of aromatic nitrogens is 1. The third-order valence-corrected chi connectivity index (χ3v) is 8.75. The minimum absolute atomic E-state index is 0.254. The standard InChI is InChI=1S/C27H30N4O4S/c1-30-8-10-31(11-9-30)29-20-4-3-5-21-17(20)13-22(36-21)23-16(15-6-7-15)12-18-24(26(23)35-2)28-14-19(25(18)32)27(33)34/h12-15H,3-11H2,1-2H3,(H,28,32)(H,33,34)/b29-20+. The van der Waals surface area contributed by atoms with Crippen LogP contribution in [-0.2, 0) is 6.42 Å². The Morgan fingerprint density at radius 1 is 1.19 bits per heavy atom. The van der Waals surface area contributed by atoms with Crippen LogP contribution in [0.1, 0.15) is 58.0 Å². The van der Waals surface area contributed by atoms with Crippen molar-refractivity contribution in [3.8, 4) is 16.2 Å². The quantitative estimate of drug-likeness (QED) is 0.540. The van der Waals surface area contributed by atoms with Crippen molar-refractivity contribution in [1.82, 2.24) is 14.9 Å². The molecule has 0 spiro atoms. The number of likely N-dealkylation sites (N-methyl/N-ethyl adjacent to an activating group) is 1. The normalized spacial score (nSPS) is 19.6. The van der Waals surface area contributed by atoms with Gasteiger partial charge in [0.25, 0.3) is 0 Å². The molecule has 0 unspecified atom stereocenters. The second-order valence-electron chi connectivity index (χ2n) is 10.0. The molecule has 2 fully saturated rings. The molecule has 8 nitrogen and oxygen atoms in total. The molecule has 6 rings (SSSR count). The van der Waals surface area contributed by atoms with Gasteiger partial charge in [-0.3, -0.25) is 9.80 Å². The number of nitrogens with one attached hydrogen (secondary N) is 1. The van der Waals surface area contributed by atoms with Crippen LogP contribution in [0.2, 0.25) is 0 Å². The maximum absolute atomic E-state index is 13.0. The van der Waals surface area contributed by atoms with Crippen LogP contribution in [0.25, 0.3) is 21.3 Å². The maximum Gasteiger partial charge on any atom is 0.341 e. The number of rotatable bonds is 5. The molecule has 2 aromatic heterocycles. The number of H-pyrrole nitrogens is 1. The van der Waals surface area contributed by atoms with Gasteiger partial charge in [-0.2, -0.15) is 5.10 Å². The van der Waals surface area contributed by atoms with E-state index in [-0.39, 0.29) is 5.56 Å². The first-order chi connectivity index (χ1) is 17.4. The molecule has 1 aromatic carbocycles. The van der Waals surface area contributed by atoms with E-state index in [4.69, 9.17) is 9.84 Å². The highest BCUT2D eigenvalue weighted by atomic mass is 32.1. The van der Waals surface area contributed by atoms with E-state index in [1.807, 2.05) is 6.07 Å². The third kappa shape index (κ3) is 4.00. The number of hydrogen-bond acceptors (Lipinski definition) is 7. The lowest BCUT2D eigenvalue weighted by molar-refractivity contribution is 0.0695. The number of pyridine rings is 1. The number of aryl methyl sites for hydroxylation is 1. The van der Waals surface area contributed by atoms with Crippen molar-refractivity contribution in [3.63, 3.8) is 0 Å². The van der Waals surface area contributed by atoms with Crippen molar-refractivity contribution in [2.75, 3.05) is 40.3 Å². The van der Waals surface area contributed by atoms with Crippen molar-refractivity contribution in [3.05, 3.63) is 50.1 Å². The highest BCUT2D eigenvalue weighted by molar-refractivity contribution is 7.16. The van der Waals surface area contributed by atoms with Gasteiger partial charge in [0.1, 0.15) is 5.56 Å². The summed E-state index contributed by atoms with van der Waals surface area (Å²) in [5.74, 6) is -0.268. The number of carbonyl (C=O) groups is 1. The first-order valence-corrected chi connectivity index (χ1v) is 13.4. The summed E-state index contributed by atoms with van der Waals surface area (Å²) in [4.78, 5) is 32.4. The number of aromatic carboxylic acids is 1. The summed E-state index contributed by atoms with van der Waals surface area (Å²) >= 11 is 1.79. The molecule has 0 atom stereocenters. The van der Waals surface area contributed by atoms with Gasteiger partial charge in [-0.1, -0.05) is 0 Å². The number of methoxy groups -OCH3 is 1. The number of nitrogens with zero attached hydrogens (tertiary/aromatic N) is 3. The van der Waals surface area contributed by atoms with E-state index in [2.05, 4.69) is 28.0 Å². The summed E-state index contributed by atoms with van der Waals surface area (Å²) in [6.45, 7) is 3.95. The molecule has 3 aromatic rings. The topological polar surface area (TPSA) is 98.2 Å². The van der Waals surface area contributed by atoms with Crippen LogP contribution >= 0.6 is 11.3 Å². The number of benzene rings is 1. The molecule has 1 saturated carbocycles. The SMILES string of the molecule is COc1c(-c2cc3c(s2)CCC/C3=N\N2CCN(C)CC2)c(C2CC2)cc2c(=O)c(C(=O)O)c[nH]c12. The van der Waals surface area contributed by atoms with Gasteiger partial charge in [0.15, 0.2) is 5.75 Å². The van der Waals surface area contributed by atoms with Crippen molar-refractivity contribution in [1.29, 1.82) is 0 Å². The predicted molar refractivity (Wildman–Crippen MR) is 142 cm³/mol. The first-order valence-electron chi connectivity index (χ1n) is 12.6. The number of hydrogen-bond donors (Lipinski definition) is 2. The van der Waals surface area contributed by atoms with E-state index in [1.54, 1.807) is 18.4 Å². The van der Waals surface area contributed by atoms with Gasteiger partial charge in [0, 0.05) is 53.3 Å². The van der Waals surface area contributed by atoms with Crippen molar-refractivity contribution in [2.24, 2.45) is 5.10 Å². The van der Waals surface area contributed by atoms with Gasteiger partial charge in [-0.15, -0.1) is 11.3 Å². The summed E-state index contributed by atoms with van der Waals surface area (Å²) in [7, 11) is 3.77. The highest BCUT2D eigenvalue weighted by Gasteiger charge is 2.32. The van der Waals surface area contributed by atoms with Gasteiger partial charge < -0.3 is 19.7 Å². The Morgan fingerprint density at radius 2 is 1.97 bits per heavy atom.